The Hall–Kier alpha value is -5.80. The van der Waals surface area contributed by atoms with Crippen molar-refractivity contribution < 1.29 is 0 Å². The molecule has 0 amide bonds. The number of fused-ring (bicyclic) bond motifs is 10. The third-order valence-electron chi connectivity index (χ3n) is 10.4. The van der Waals surface area contributed by atoms with Gasteiger partial charge in [-0.1, -0.05) is 140 Å². The van der Waals surface area contributed by atoms with E-state index >= 15 is 0 Å². The van der Waals surface area contributed by atoms with Gasteiger partial charge in [0.25, 0.3) is 0 Å². The summed E-state index contributed by atoms with van der Waals surface area (Å²) in [5.74, 6) is 0. The molecule has 2 heterocycles. The van der Waals surface area contributed by atoms with Crippen LogP contribution in [0, 0.1) is 0 Å². The summed E-state index contributed by atoms with van der Waals surface area (Å²) < 4.78 is 5.49. The largest absolute Gasteiger partial charge is 0.134 e. The van der Waals surface area contributed by atoms with Crippen LogP contribution in [0.1, 0.15) is 0 Å². The summed E-state index contributed by atoms with van der Waals surface area (Å²) in [6.07, 6.45) is 0. The highest BCUT2D eigenvalue weighted by atomic mass is 32.1. The van der Waals surface area contributed by atoms with Crippen LogP contribution in [-0.4, -0.2) is 0 Å². The minimum absolute atomic E-state index is 1.24. The van der Waals surface area contributed by atoms with Gasteiger partial charge >= 0.3 is 0 Å². The van der Waals surface area contributed by atoms with Gasteiger partial charge in [0.1, 0.15) is 0 Å². The fourth-order valence-corrected chi connectivity index (χ4v) is 10.7. The molecule has 2 aromatic heterocycles. The summed E-state index contributed by atoms with van der Waals surface area (Å²) in [5.41, 5.74) is 7.59. The van der Waals surface area contributed by atoms with Crippen molar-refractivity contribution in [3.8, 4) is 33.4 Å². The molecule has 2 heteroatoms. The van der Waals surface area contributed by atoms with Crippen molar-refractivity contribution in [3.63, 3.8) is 0 Å². The average molecular weight is 669 g/mol. The Morgan fingerprint density at radius 1 is 0.280 bits per heavy atom. The number of hydrogen-bond acceptors (Lipinski definition) is 2. The molecule has 11 aromatic rings. The van der Waals surface area contributed by atoms with Crippen molar-refractivity contribution in [2.24, 2.45) is 0 Å². The van der Waals surface area contributed by atoms with Gasteiger partial charge in [-0.3, -0.25) is 0 Å². The van der Waals surface area contributed by atoms with E-state index in [0.717, 1.165) is 0 Å². The lowest BCUT2D eigenvalue weighted by molar-refractivity contribution is 1.65. The molecule has 0 saturated heterocycles. The molecule has 0 spiro atoms. The van der Waals surface area contributed by atoms with Crippen LogP contribution in [0.25, 0.3) is 106 Å². The molecule has 11 rings (SSSR count). The zero-order valence-corrected chi connectivity index (χ0v) is 28.6. The third-order valence-corrected chi connectivity index (χ3v) is 13.0. The summed E-state index contributed by atoms with van der Waals surface area (Å²) in [4.78, 5) is 0. The maximum Gasteiger partial charge on any atom is 0.0534 e. The van der Waals surface area contributed by atoms with E-state index in [0.29, 0.717) is 0 Å². The lowest BCUT2D eigenvalue weighted by Gasteiger charge is -2.19. The second kappa shape index (κ2) is 10.9. The van der Waals surface area contributed by atoms with E-state index in [9.17, 15) is 0 Å². The molecule has 232 valence electrons. The molecular formula is C48H28S2. The van der Waals surface area contributed by atoms with Crippen LogP contribution in [0.2, 0.25) is 0 Å². The van der Waals surface area contributed by atoms with Gasteiger partial charge in [-0.15, -0.1) is 22.7 Å². The molecule has 0 bridgehead atoms. The molecule has 0 aliphatic carbocycles. The fourth-order valence-electron chi connectivity index (χ4n) is 8.22. The summed E-state index contributed by atoms with van der Waals surface area (Å²) in [5, 5.41) is 13.0. The second-order valence-corrected chi connectivity index (χ2v) is 15.3. The highest BCUT2D eigenvalue weighted by Gasteiger charge is 2.19. The molecule has 9 aromatic carbocycles. The minimum atomic E-state index is 1.24. The van der Waals surface area contributed by atoms with Crippen LogP contribution in [0.4, 0.5) is 0 Å². The van der Waals surface area contributed by atoms with Crippen molar-refractivity contribution in [2.45, 2.75) is 0 Å². The number of benzene rings is 9. The maximum absolute atomic E-state index is 2.44. The SMILES string of the molecule is c1ccc(-c2c3ccccc3c(-c3cc(-c4ccc5sc6c(ccc7c8ccccc8sc76)c5c4)cc4ccccc34)c3ccccc23)cc1. The van der Waals surface area contributed by atoms with Gasteiger partial charge in [0.05, 0.1) is 9.40 Å². The fraction of sp³-hybridized carbons (Fsp3) is 0. The molecular weight excluding hydrogens is 641 g/mol. The first-order valence-corrected chi connectivity index (χ1v) is 18.7. The van der Waals surface area contributed by atoms with Crippen LogP contribution in [-0.2, 0) is 0 Å². The van der Waals surface area contributed by atoms with Gasteiger partial charge in [0.2, 0.25) is 0 Å². The Kier molecular flexibility index (Phi) is 6.09. The lowest BCUT2D eigenvalue weighted by Crippen LogP contribution is -1.92. The van der Waals surface area contributed by atoms with Gasteiger partial charge in [0.15, 0.2) is 0 Å². The average Bonchev–Trinajstić information content (AvgIpc) is 3.75. The molecule has 0 atom stereocenters. The molecule has 0 aliphatic heterocycles. The van der Waals surface area contributed by atoms with E-state index < -0.39 is 0 Å². The first-order valence-electron chi connectivity index (χ1n) is 17.1. The quantitative estimate of drug-likeness (QED) is 0.164. The number of rotatable bonds is 3. The van der Waals surface area contributed by atoms with E-state index in [4.69, 9.17) is 0 Å². The van der Waals surface area contributed by atoms with Crippen molar-refractivity contribution >= 4 is 95.3 Å². The van der Waals surface area contributed by atoms with E-state index in [1.165, 1.54) is 106 Å². The van der Waals surface area contributed by atoms with E-state index in [1.807, 2.05) is 22.7 Å². The van der Waals surface area contributed by atoms with Crippen LogP contribution >= 0.6 is 22.7 Å². The summed E-state index contributed by atoms with van der Waals surface area (Å²) >= 11 is 3.85. The summed E-state index contributed by atoms with van der Waals surface area (Å²) in [6, 6.07) is 63.0. The van der Waals surface area contributed by atoms with Crippen molar-refractivity contribution in [2.75, 3.05) is 0 Å². The topological polar surface area (TPSA) is 0 Å². The molecule has 0 radical (unpaired) electrons. The van der Waals surface area contributed by atoms with Gasteiger partial charge < -0.3 is 0 Å². The normalized spacial score (nSPS) is 12.0. The van der Waals surface area contributed by atoms with E-state index in [-0.39, 0.29) is 0 Å². The van der Waals surface area contributed by atoms with Gasteiger partial charge in [-0.25, -0.2) is 0 Å². The first kappa shape index (κ1) is 28.1. The third kappa shape index (κ3) is 4.10. The van der Waals surface area contributed by atoms with Crippen molar-refractivity contribution in [1.29, 1.82) is 0 Å². The van der Waals surface area contributed by atoms with Crippen LogP contribution in [0.5, 0.6) is 0 Å². The Bertz CT molecular complexity index is 3080. The first-order chi connectivity index (χ1) is 24.8. The molecule has 0 saturated carbocycles. The molecule has 50 heavy (non-hydrogen) atoms. The van der Waals surface area contributed by atoms with Crippen LogP contribution < -0.4 is 0 Å². The number of hydrogen-bond donors (Lipinski definition) is 0. The Labute approximate surface area is 297 Å². The van der Waals surface area contributed by atoms with Gasteiger partial charge in [0, 0.05) is 30.9 Å². The molecule has 0 fully saturated rings. The zero-order valence-electron chi connectivity index (χ0n) is 27.0. The molecule has 0 N–H and O–H groups in total. The maximum atomic E-state index is 2.44. The minimum Gasteiger partial charge on any atom is -0.134 e. The highest BCUT2D eigenvalue weighted by molar-refractivity contribution is 7.33. The van der Waals surface area contributed by atoms with Crippen molar-refractivity contribution in [1.82, 2.24) is 0 Å². The molecule has 0 unspecified atom stereocenters. The lowest BCUT2D eigenvalue weighted by atomic mass is 9.84. The van der Waals surface area contributed by atoms with Crippen LogP contribution in [0.15, 0.2) is 170 Å². The Balaban J connectivity index is 1.18. The Morgan fingerprint density at radius 2 is 0.820 bits per heavy atom. The highest BCUT2D eigenvalue weighted by Crippen LogP contribution is 2.48. The predicted octanol–water partition coefficient (Wildman–Crippen LogP) is 14.9. The summed E-state index contributed by atoms with van der Waals surface area (Å²) in [6.45, 7) is 0. The smallest absolute Gasteiger partial charge is 0.0534 e. The molecule has 0 nitrogen and oxygen atoms in total. The van der Waals surface area contributed by atoms with E-state index in [1.54, 1.807) is 0 Å². The molecule has 0 aliphatic rings. The van der Waals surface area contributed by atoms with E-state index in [2.05, 4.69) is 170 Å². The van der Waals surface area contributed by atoms with Crippen molar-refractivity contribution in [3.05, 3.63) is 170 Å². The zero-order chi connectivity index (χ0) is 32.8. The monoisotopic (exact) mass is 668 g/mol. The standard InChI is InChI=1S/C48H28S2/c1-2-12-29(13-3-1)45-35-17-6-8-19-37(35)46(38-20-9-7-18-36(38)45)42-28-32(26-31-14-4-5-15-33(31)42)30-22-25-44-41(27-30)40-24-23-39-34-16-10-11-21-43(34)49-47(39)48(40)50-44/h1-28H. The number of thiophene rings is 2. The summed E-state index contributed by atoms with van der Waals surface area (Å²) in [7, 11) is 0. The van der Waals surface area contributed by atoms with Gasteiger partial charge in [-0.2, -0.15) is 0 Å². The van der Waals surface area contributed by atoms with Gasteiger partial charge in [-0.05, 0) is 96.0 Å². The van der Waals surface area contributed by atoms with Crippen LogP contribution in [0.3, 0.4) is 0 Å². The second-order valence-electron chi connectivity index (χ2n) is 13.2. The Morgan fingerprint density at radius 3 is 1.52 bits per heavy atom. The predicted molar refractivity (Wildman–Crippen MR) is 221 cm³/mol.